The van der Waals surface area contributed by atoms with E-state index in [0.29, 0.717) is 40.3 Å². The molecule has 0 radical (unpaired) electrons. The number of halogens is 6. The van der Waals surface area contributed by atoms with E-state index in [2.05, 4.69) is 5.32 Å². The minimum atomic E-state index is -4.84. The van der Waals surface area contributed by atoms with Gasteiger partial charge in [-0.2, -0.15) is 13.2 Å². The second-order valence-electron chi connectivity index (χ2n) is 11.4. The van der Waals surface area contributed by atoms with Crippen molar-refractivity contribution in [3.05, 3.63) is 69.0 Å². The van der Waals surface area contributed by atoms with Crippen LogP contribution in [0.3, 0.4) is 0 Å². The Morgan fingerprint density at radius 2 is 1.68 bits per heavy atom. The van der Waals surface area contributed by atoms with Crippen LogP contribution >= 0.6 is 23.2 Å². The Morgan fingerprint density at radius 1 is 1.00 bits per heavy atom. The molecule has 1 amide bonds. The van der Waals surface area contributed by atoms with Crippen LogP contribution in [0, 0.1) is 17.7 Å². The van der Waals surface area contributed by atoms with E-state index in [4.69, 9.17) is 23.2 Å². The van der Waals surface area contributed by atoms with Crippen LogP contribution in [0.4, 0.5) is 17.6 Å². The summed E-state index contributed by atoms with van der Waals surface area (Å²) in [6.45, 7) is 5.02. The molecule has 9 heteroatoms. The third kappa shape index (κ3) is 8.45. The van der Waals surface area contributed by atoms with Gasteiger partial charge >= 0.3 is 6.18 Å². The Hall–Kier alpha value is -2.12. The molecule has 4 unspecified atom stereocenters. The largest absolute Gasteiger partial charge is 0.419 e. The first-order valence-corrected chi connectivity index (χ1v) is 14.6. The number of benzene rings is 2. The molecule has 1 aliphatic rings. The summed E-state index contributed by atoms with van der Waals surface area (Å²) in [5, 5.41) is 3.51. The van der Waals surface area contributed by atoms with E-state index in [0.717, 1.165) is 57.1 Å². The minimum absolute atomic E-state index is 0.150. The normalized spacial score (nSPS) is 20.3. The van der Waals surface area contributed by atoms with E-state index in [1.165, 1.54) is 6.07 Å². The zero-order chi connectivity index (χ0) is 29.7. The van der Waals surface area contributed by atoms with Crippen molar-refractivity contribution < 1.29 is 27.2 Å². The van der Waals surface area contributed by atoms with E-state index in [1.807, 2.05) is 0 Å². The third-order valence-electron chi connectivity index (χ3n) is 8.27. The lowest BCUT2D eigenvalue weighted by Gasteiger charge is -2.32. The van der Waals surface area contributed by atoms with Crippen LogP contribution < -0.4 is 5.32 Å². The van der Waals surface area contributed by atoms with Crippen molar-refractivity contribution in [2.24, 2.45) is 11.8 Å². The second kappa shape index (κ2) is 13.7. The number of nitrogens with one attached hydrogen (secondary N) is 1. The molecule has 0 aliphatic heterocycles. The number of hydrogen-bond acceptors (Lipinski definition) is 2. The van der Waals surface area contributed by atoms with Crippen LogP contribution in [0.25, 0.3) is 0 Å². The Labute approximate surface area is 244 Å². The minimum Gasteiger partial charge on any atom is -0.349 e. The van der Waals surface area contributed by atoms with Gasteiger partial charge in [-0.1, -0.05) is 73.9 Å². The zero-order valence-corrected chi connectivity index (χ0v) is 24.7. The molecule has 2 aromatic rings. The highest BCUT2D eigenvalue weighted by molar-refractivity contribution is 6.42. The van der Waals surface area contributed by atoms with Crippen molar-refractivity contribution >= 4 is 34.9 Å². The van der Waals surface area contributed by atoms with Gasteiger partial charge in [-0.3, -0.25) is 4.79 Å². The van der Waals surface area contributed by atoms with Gasteiger partial charge in [-0.15, -0.1) is 0 Å². The first-order chi connectivity index (χ1) is 18.7. The van der Waals surface area contributed by atoms with Gasteiger partial charge in [0.2, 0.25) is 5.91 Å². The van der Waals surface area contributed by atoms with Crippen molar-refractivity contribution in [3.8, 4) is 0 Å². The summed E-state index contributed by atoms with van der Waals surface area (Å²) in [5.74, 6) is -0.533. The van der Waals surface area contributed by atoms with Gasteiger partial charge in [-0.05, 0) is 80.8 Å². The topological polar surface area (TPSA) is 46.2 Å². The van der Waals surface area contributed by atoms with Crippen LogP contribution in [0.2, 0.25) is 10.0 Å². The molecule has 220 valence electrons. The molecule has 0 bridgehead atoms. The maximum Gasteiger partial charge on any atom is 0.419 e. The smallest absolute Gasteiger partial charge is 0.349 e. The van der Waals surface area contributed by atoms with Crippen molar-refractivity contribution in [2.45, 2.75) is 96.2 Å². The number of rotatable bonds is 10. The van der Waals surface area contributed by atoms with Crippen LogP contribution in [-0.4, -0.2) is 11.7 Å². The second-order valence-corrected chi connectivity index (χ2v) is 12.2. The number of amides is 1. The molecule has 1 fully saturated rings. The van der Waals surface area contributed by atoms with Gasteiger partial charge in [0, 0.05) is 6.42 Å². The van der Waals surface area contributed by atoms with Gasteiger partial charge in [0.05, 0.1) is 27.1 Å². The Balaban J connectivity index is 1.76. The van der Waals surface area contributed by atoms with E-state index >= 15 is 0 Å². The summed E-state index contributed by atoms with van der Waals surface area (Å²) in [6.07, 6.45) is 3.30. The SMILES string of the molecule is CC(=O)CC1CCCC(CCCC(C)(C(=O)NC(C)c2ccc(F)c(C(F)(F)F)c2)c2ccc(Cl)c(Cl)c2)CC1. The summed E-state index contributed by atoms with van der Waals surface area (Å²) in [6, 6.07) is 7.00. The maximum absolute atomic E-state index is 13.8. The Kier molecular flexibility index (Phi) is 11.1. The molecular weight excluding hydrogens is 565 g/mol. The Bertz CT molecular complexity index is 1200. The van der Waals surface area contributed by atoms with E-state index < -0.39 is 29.0 Å². The van der Waals surface area contributed by atoms with Crippen molar-refractivity contribution in [1.29, 1.82) is 0 Å². The van der Waals surface area contributed by atoms with E-state index in [9.17, 15) is 27.2 Å². The predicted octanol–water partition coefficient (Wildman–Crippen LogP) is 9.63. The first kappa shape index (κ1) is 32.4. The van der Waals surface area contributed by atoms with Crippen LogP contribution in [0.1, 0.15) is 101 Å². The lowest BCUT2D eigenvalue weighted by atomic mass is 9.76. The number of alkyl halides is 3. The molecule has 3 rings (SSSR count). The summed E-state index contributed by atoms with van der Waals surface area (Å²) in [5.41, 5.74) is -1.59. The number of Topliss-reactive ketones (excluding diaryl/α,β-unsaturated/α-hetero) is 1. The summed E-state index contributed by atoms with van der Waals surface area (Å²) in [7, 11) is 0. The van der Waals surface area contributed by atoms with E-state index in [1.54, 1.807) is 39.0 Å². The van der Waals surface area contributed by atoms with Crippen LogP contribution in [-0.2, 0) is 21.2 Å². The number of hydrogen-bond donors (Lipinski definition) is 1. The average molecular weight is 603 g/mol. The lowest BCUT2D eigenvalue weighted by Crippen LogP contribution is -2.43. The molecule has 4 atom stereocenters. The molecule has 1 saturated carbocycles. The molecule has 1 aliphatic carbocycles. The Morgan fingerprint density at radius 3 is 2.33 bits per heavy atom. The van der Waals surface area contributed by atoms with Gasteiger partial charge in [0.15, 0.2) is 0 Å². The molecule has 3 nitrogen and oxygen atoms in total. The fourth-order valence-electron chi connectivity index (χ4n) is 5.80. The van der Waals surface area contributed by atoms with E-state index in [-0.39, 0.29) is 17.3 Å². The molecule has 2 aromatic carbocycles. The first-order valence-electron chi connectivity index (χ1n) is 13.8. The zero-order valence-electron chi connectivity index (χ0n) is 23.1. The number of carbonyl (C=O) groups is 2. The lowest BCUT2D eigenvalue weighted by molar-refractivity contribution is -0.140. The molecule has 0 aromatic heterocycles. The van der Waals surface area contributed by atoms with Crippen LogP contribution in [0.5, 0.6) is 0 Å². The predicted molar refractivity (Wildman–Crippen MR) is 151 cm³/mol. The van der Waals surface area contributed by atoms with Crippen molar-refractivity contribution in [1.82, 2.24) is 5.32 Å². The standard InChI is InChI=1S/C31H37Cl2F4NO2/c1-19(39)16-22-7-4-6-21(9-10-22)8-5-15-30(3,24-12-13-26(32)27(33)18-24)29(40)38-20(2)23-11-14-28(34)25(17-23)31(35,36)37/h11-14,17-18,20-22H,4-10,15-16H2,1-3H3,(H,38,40). The van der Waals surface area contributed by atoms with Gasteiger partial charge in [0.1, 0.15) is 11.6 Å². The molecule has 0 saturated heterocycles. The molecule has 40 heavy (non-hydrogen) atoms. The fraction of sp³-hybridized carbons (Fsp3) is 0.548. The molecule has 0 spiro atoms. The average Bonchev–Trinajstić information content (AvgIpc) is 3.09. The highest BCUT2D eigenvalue weighted by atomic mass is 35.5. The maximum atomic E-state index is 13.8. The summed E-state index contributed by atoms with van der Waals surface area (Å²) < 4.78 is 53.6. The summed E-state index contributed by atoms with van der Waals surface area (Å²) in [4.78, 5) is 25.3. The highest BCUT2D eigenvalue weighted by Crippen LogP contribution is 2.38. The summed E-state index contributed by atoms with van der Waals surface area (Å²) >= 11 is 12.4. The third-order valence-corrected chi connectivity index (χ3v) is 9.01. The number of carbonyl (C=O) groups excluding carboxylic acids is 2. The monoisotopic (exact) mass is 601 g/mol. The molecule has 0 heterocycles. The molecular formula is C31H37Cl2F4NO2. The van der Waals surface area contributed by atoms with Gasteiger partial charge in [-0.25, -0.2) is 4.39 Å². The fourth-order valence-corrected chi connectivity index (χ4v) is 6.09. The molecule has 1 N–H and O–H groups in total. The van der Waals surface area contributed by atoms with Crippen molar-refractivity contribution in [3.63, 3.8) is 0 Å². The highest BCUT2D eigenvalue weighted by Gasteiger charge is 2.38. The van der Waals surface area contributed by atoms with Gasteiger partial charge in [0.25, 0.3) is 0 Å². The van der Waals surface area contributed by atoms with Crippen molar-refractivity contribution in [2.75, 3.05) is 0 Å². The van der Waals surface area contributed by atoms with Gasteiger partial charge < -0.3 is 10.1 Å². The number of ketones is 1. The quantitative estimate of drug-likeness (QED) is 0.217. The van der Waals surface area contributed by atoms with Crippen LogP contribution in [0.15, 0.2) is 36.4 Å².